The summed E-state index contributed by atoms with van der Waals surface area (Å²) in [6.45, 7) is 4.54. The molecule has 6 nitrogen and oxygen atoms in total. The standard InChI is InChI=1S/C16H24FN3O3/c1-11-13(6-19-23-11)8-20-9-14(17)5-15(20)7-18-16(21)12-3-2-4-22-10-12/h6,12,14-15H,2-5,7-10H2,1H3,(H,18,21)/t12-,14-,15-/m0/s1. The number of hydrogen-bond donors (Lipinski definition) is 1. The predicted molar refractivity (Wildman–Crippen MR) is 81.5 cm³/mol. The molecule has 2 saturated heterocycles. The van der Waals surface area contributed by atoms with Crippen LogP contribution in [0.15, 0.2) is 10.7 Å². The minimum atomic E-state index is -0.852. The van der Waals surface area contributed by atoms with E-state index in [-0.39, 0.29) is 17.9 Å². The van der Waals surface area contributed by atoms with Crippen molar-refractivity contribution >= 4 is 5.91 Å². The van der Waals surface area contributed by atoms with Crippen molar-refractivity contribution in [2.75, 3.05) is 26.3 Å². The van der Waals surface area contributed by atoms with Gasteiger partial charge in [-0.1, -0.05) is 5.16 Å². The van der Waals surface area contributed by atoms with Gasteiger partial charge in [-0.3, -0.25) is 9.69 Å². The summed E-state index contributed by atoms with van der Waals surface area (Å²) >= 11 is 0. The second kappa shape index (κ2) is 7.40. The lowest BCUT2D eigenvalue weighted by molar-refractivity contribution is -0.129. The third kappa shape index (κ3) is 4.09. The SMILES string of the molecule is Cc1oncc1CN1C[C@@H](F)C[C@H]1CNC(=O)[C@H]1CCCOC1. The maximum absolute atomic E-state index is 13.8. The molecule has 3 heterocycles. The first-order valence-electron chi connectivity index (χ1n) is 8.27. The highest BCUT2D eigenvalue weighted by atomic mass is 19.1. The van der Waals surface area contributed by atoms with E-state index >= 15 is 0 Å². The number of ether oxygens (including phenoxy) is 1. The number of amides is 1. The van der Waals surface area contributed by atoms with Crippen LogP contribution in [0.25, 0.3) is 0 Å². The van der Waals surface area contributed by atoms with Gasteiger partial charge in [0.2, 0.25) is 5.91 Å². The van der Waals surface area contributed by atoms with E-state index in [9.17, 15) is 9.18 Å². The van der Waals surface area contributed by atoms with Gasteiger partial charge in [0.15, 0.2) is 0 Å². The third-order valence-electron chi connectivity index (χ3n) is 4.74. The van der Waals surface area contributed by atoms with E-state index in [4.69, 9.17) is 9.26 Å². The molecule has 3 atom stereocenters. The fourth-order valence-electron chi connectivity index (χ4n) is 3.33. The molecule has 1 aromatic rings. The maximum Gasteiger partial charge on any atom is 0.225 e. The van der Waals surface area contributed by atoms with Crippen molar-refractivity contribution in [3.63, 3.8) is 0 Å². The molecule has 3 rings (SSSR count). The van der Waals surface area contributed by atoms with Crippen molar-refractivity contribution in [1.82, 2.24) is 15.4 Å². The average molecular weight is 325 g/mol. The number of halogens is 1. The highest BCUT2D eigenvalue weighted by molar-refractivity contribution is 5.78. The van der Waals surface area contributed by atoms with E-state index < -0.39 is 6.17 Å². The normalized spacial score (nSPS) is 28.9. The van der Waals surface area contributed by atoms with Gasteiger partial charge in [0.05, 0.1) is 18.7 Å². The molecule has 2 fully saturated rings. The summed E-state index contributed by atoms with van der Waals surface area (Å²) in [5.41, 5.74) is 0.969. The van der Waals surface area contributed by atoms with Gasteiger partial charge in [-0.15, -0.1) is 0 Å². The Balaban J connectivity index is 1.52. The van der Waals surface area contributed by atoms with E-state index in [1.807, 2.05) is 6.92 Å². The molecule has 1 amide bonds. The van der Waals surface area contributed by atoms with Crippen LogP contribution in [-0.4, -0.2) is 54.5 Å². The van der Waals surface area contributed by atoms with Crippen LogP contribution in [0, 0.1) is 12.8 Å². The summed E-state index contributed by atoms with van der Waals surface area (Å²) in [5, 5.41) is 6.74. The molecule has 0 unspecified atom stereocenters. The molecule has 2 aliphatic rings. The fraction of sp³-hybridized carbons (Fsp3) is 0.750. The van der Waals surface area contributed by atoms with Crippen LogP contribution in [0.2, 0.25) is 0 Å². The Morgan fingerprint density at radius 3 is 3.13 bits per heavy atom. The van der Waals surface area contributed by atoms with Gasteiger partial charge >= 0.3 is 0 Å². The predicted octanol–water partition coefficient (Wildman–Crippen LogP) is 1.44. The van der Waals surface area contributed by atoms with Crippen LogP contribution in [0.3, 0.4) is 0 Å². The monoisotopic (exact) mass is 325 g/mol. The summed E-state index contributed by atoms with van der Waals surface area (Å²) in [4.78, 5) is 14.2. The van der Waals surface area contributed by atoms with Crippen LogP contribution in [0.4, 0.5) is 4.39 Å². The van der Waals surface area contributed by atoms with Crippen molar-refractivity contribution in [1.29, 1.82) is 0 Å². The van der Waals surface area contributed by atoms with E-state index in [0.29, 0.717) is 32.7 Å². The number of carbonyl (C=O) groups excluding carboxylic acids is 1. The number of nitrogens with one attached hydrogen (secondary N) is 1. The minimum Gasteiger partial charge on any atom is -0.381 e. The number of aromatic nitrogens is 1. The number of hydrogen-bond acceptors (Lipinski definition) is 5. The summed E-state index contributed by atoms with van der Waals surface area (Å²) in [7, 11) is 0. The first-order chi connectivity index (χ1) is 11.1. The number of likely N-dealkylation sites (tertiary alicyclic amines) is 1. The summed E-state index contributed by atoms with van der Waals surface area (Å²) in [6.07, 6.45) is 3.07. The second-order valence-corrected chi connectivity index (χ2v) is 6.48. The van der Waals surface area contributed by atoms with Crippen LogP contribution >= 0.6 is 0 Å². The zero-order valence-electron chi connectivity index (χ0n) is 13.5. The smallest absolute Gasteiger partial charge is 0.225 e. The molecule has 0 saturated carbocycles. The van der Waals surface area contributed by atoms with Gasteiger partial charge in [0.25, 0.3) is 0 Å². The molecular formula is C16H24FN3O3. The first-order valence-corrected chi connectivity index (χ1v) is 8.27. The van der Waals surface area contributed by atoms with Crippen molar-refractivity contribution in [2.45, 2.75) is 44.9 Å². The van der Waals surface area contributed by atoms with Gasteiger partial charge in [-0.2, -0.15) is 0 Å². The average Bonchev–Trinajstić information content (AvgIpc) is 3.12. The molecule has 0 bridgehead atoms. The Hall–Kier alpha value is -1.47. The molecule has 2 aliphatic heterocycles. The molecule has 0 aliphatic carbocycles. The molecule has 1 N–H and O–H groups in total. The quantitative estimate of drug-likeness (QED) is 0.887. The Bertz CT molecular complexity index is 530. The van der Waals surface area contributed by atoms with Crippen LogP contribution in [0.5, 0.6) is 0 Å². The van der Waals surface area contributed by atoms with Crippen LogP contribution < -0.4 is 5.32 Å². The van der Waals surface area contributed by atoms with Gasteiger partial charge < -0.3 is 14.6 Å². The molecule has 1 aromatic heterocycles. The summed E-state index contributed by atoms with van der Waals surface area (Å²) in [6, 6.07) is 0.00718. The summed E-state index contributed by atoms with van der Waals surface area (Å²) < 4.78 is 24.2. The topological polar surface area (TPSA) is 67.6 Å². The molecule has 128 valence electrons. The Labute approximate surface area is 135 Å². The Kier molecular flexibility index (Phi) is 5.27. The number of rotatable bonds is 5. The minimum absolute atomic E-state index is 0.00718. The molecule has 23 heavy (non-hydrogen) atoms. The van der Waals surface area contributed by atoms with Gasteiger partial charge in [0, 0.05) is 37.8 Å². The lowest BCUT2D eigenvalue weighted by atomic mass is 10.0. The van der Waals surface area contributed by atoms with Gasteiger partial charge in [-0.05, 0) is 26.2 Å². The van der Waals surface area contributed by atoms with E-state index in [0.717, 1.165) is 30.8 Å². The van der Waals surface area contributed by atoms with E-state index in [1.165, 1.54) is 0 Å². The lowest BCUT2D eigenvalue weighted by Gasteiger charge is -2.26. The largest absolute Gasteiger partial charge is 0.381 e. The highest BCUT2D eigenvalue weighted by Gasteiger charge is 2.33. The van der Waals surface area contributed by atoms with Gasteiger partial charge in [0.1, 0.15) is 11.9 Å². The molecule has 0 radical (unpaired) electrons. The van der Waals surface area contributed by atoms with Crippen molar-refractivity contribution < 1.29 is 18.4 Å². The summed E-state index contributed by atoms with van der Waals surface area (Å²) in [5.74, 6) is 0.711. The number of nitrogens with zero attached hydrogens (tertiary/aromatic N) is 2. The number of carbonyl (C=O) groups is 1. The maximum atomic E-state index is 13.8. The van der Waals surface area contributed by atoms with Crippen molar-refractivity contribution in [3.8, 4) is 0 Å². The zero-order chi connectivity index (χ0) is 16.2. The number of alkyl halides is 1. The number of aryl methyl sites for hydroxylation is 1. The molecular weight excluding hydrogens is 301 g/mol. The van der Waals surface area contributed by atoms with Crippen molar-refractivity contribution in [3.05, 3.63) is 17.5 Å². The van der Waals surface area contributed by atoms with Crippen molar-refractivity contribution in [2.24, 2.45) is 5.92 Å². The molecule has 0 spiro atoms. The first kappa shape index (κ1) is 16.4. The van der Waals surface area contributed by atoms with E-state index in [1.54, 1.807) is 6.20 Å². The second-order valence-electron chi connectivity index (χ2n) is 6.48. The molecule has 0 aromatic carbocycles. The van der Waals surface area contributed by atoms with Gasteiger partial charge in [-0.25, -0.2) is 4.39 Å². The fourth-order valence-corrected chi connectivity index (χ4v) is 3.33. The highest BCUT2D eigenvalue weighted by Crippen LogP contribution is 2.23. The molecule has 7 heteroatoms. The van der Waals surface area contributed by atoms with Crippen LogP contribution in [0.1, 0.15) is 30.6 Å². The van der Waals surface area contributed by atoms with E-state index in [2.05, 4.69) is 15.4 Å². The third-order valence-corrected chi connectivity index (χ3v) is 4.74. The Morgan fingerprint density at radius 2 is 2.43 bits per heavy atom. The Morgan fingerprint density at radius 1 is 1.57 bits per heavy atom. The van der Waals surface area contributed by atoms with Crippen LogP contribution in [-0.2, 0) is 16.1 Å². The lowest BCUT2D eigenvalue weighted by Crippen LogP contribution is -2.43. The zero-order valence-corrected chi connectivity index (χ0v) is 13.5.